The molecule has 0 saturated carbocycles. The Balaban J connectivity index is 2.02. The van der Waals surface area contributed by atoms with Gasteiger partial charge < -0.3 is 10.6 Å². The average molecular weight is 346 g/mol. The maximum absolute atomic E-state index is 4.72. The fraction of sp³-hybridized carbons (Fsp3) is 0.273. The summed E-state index contributed by atoms with van der Waals surface area (Å²) in [5.74, 6) is 1.44. The maximum atomic E-state index is 4.72. The lowest BCUT2D eigenvalue weighted by Gasteiger charge is -2.16. The Morgan fingerprint density at radius 2 is 1.62 bits per heavy atom. The monoisotopic (exact) mass is 346 g/mol. The first kappa shape index (κ1) is 17.9. The molecular formula is C22H26N4. The van der Waals surface area contributed by atoms with Crippen LogP contribution in [-0.4, -0.2) is 16.0 Å². The molecule has 1 heterocycles. The largest absolute Gasteiger partial charge is 0.352 e. The number of hydrogen-bond donors (Lipinski definition) is 2. The van der Waals surface area contributed by atoms with E-state index in [0.717, 1.165) is 29.2 Å². The summed E-state index contributed by atoms with van der Waals surface area (Å²) in [5, 5.41) is 6.89. The molecule has 2 aromatic carbocycles. The van der Waals surface area contributed by atoms with Gasteiger partial charge in [0, 0.05) is 23.4 Å². The first-order valence-corrected chi connectivity index (χ1v) is 9.11. The van der Waals surface area contributed by atoms with E-state index in [1.165, 1.54) is 11.1 Å². The number of benzene rings is 2. The Bertz CT molecular complexity index is 854. The molecule has 0 unspecified atom stereocenters. The molecule has 3 rings (SSSR count). The van der Waals surface area contributed by atoms with Gasteiger partial charge in [-0.25, -0.2) is 4.98 Å². The van der Waals surface area contributed by atoms with Crippen molar-refractivity contribution in [3.63, 3.8) is 0 Å². The standard InChI is InChI=1S/C22H26N4/c1-5-17(4)23-22-24-19(18-12-7-6-8-13-18)14-20(26-22)25-21-15(2)10-9-11-16(21)3/h6-14,17H,5H2,1-4H3,(H2,23,24,25,26)/t17-/m0/s1. The second-order valence-corrected chi connectivity index (χ2v) is 6.67. The first-order valence-electron chi connectivity index (χ1n) is 9.11. The fourth-order valence-corrected chi connectivity index (χ4v) is 2.79. The van der Waals surface area contributed by atoms with E-state index in [0.29, 0.717) is 12.0 Å². The molecule has 0 bridgehead atoms. The number of nitrogens with zero attached hydrogens (tertiary/aromatic N) is 2. The molecule has 0 amide bonds. The Kier molecular flexibility index (Phi) is 5.52. The van der Waals surface area contributed by atoms with E-state index in [1.54, 1.807) is 0 Å². The minimum absolute atomic E-state index is 0.314. The van der Waals surface area contributed by atoms with Gasteiger partial charge in [-0.3, -0.25) is 0 Å². The molecule has 0 aliphatic heterocycles. The number of aryl methyl sites for hydroxylation is 2. The van der Waals surface area contributed by atoms with Crippen LogP contribution in [0.3, 0.4) is 0 Å². The summed E-state index contributed by atoms with van der Waals surface area (Å²) in [5.41, 5.74) is 5.47. The van der Waals surface area contributed by atoms with Crippen molar-refractivity contribution in [3.8, 4) is 11.3 Å². The normalized spacial score (nSPS) is 11.8. The smallest absolute Gasteiger partial charge is 0.225 e. The zero-order valence-corrected chi connectivity index (χ0v) is 15.9. The van der Waals surface area contributed by atoms with Gasteiger partial charge in [0.1, 0.15) is 5.82 Å². The maximum Gasteiger partial charge on any atom is 0.225 e. The van der Waals surface area contributed by atoms with Crippen LogP contribution in [0.15, 0.2) is 54.6 Å². The molecule has 0 saturated heterocycles. The molecule has 134 valence electrons. The van der Waals surface area contributed by atoms with Gasteiger partial charge in [-0.15, -0.1) is 0 Å². The van der Waals surface area contributed by atoms with Crippen molar-refractivity contribution in [1.82, 2.24) is 9.97 Å². The van der Waals surface area contributed by atoms with Crippen molar-refractivity contribution in [2.75, 3.05) is 10.6 Å². The highest BCUT2D eigenvalue weighted by Gasteiger charge is 2.10. The van der Waals surface area contributed by atoms with Gasteiger partial charge >= 0.3 is 0 Å². The zero-order valence-electron chi connectivity index (χ0n) is 15.9. The Morgan fingerprint density at radius 1 is 0.923 bits per heavy atom. The van der Waals surface area contributed by atoms with Crippen LogP contribution in [0.5, 0.6) is 0 Å². The van der Waals surface area contributed by atoms with Crippen molar-refractivity contribution in [2.45, 2.75) is 40.2 Å². The Labute approximate surface area is 155 Å². The van der Waals surface area contributed by atoms with E-state index in [1.807, 2.05) is 24.3 Å². The molecule has 0 radical (unpaired) electrons. The van der Waals surface area contributed by atoms with Crippen molar-refractivity contribution < 1.29 is 0 Å². The predicted octanol–water partition coefficient (Wildman–Crippen LogP) is 5.71. The molecule has 1 atom stereocenters. The van der Waals surface area contributed by atoms with Gasteiger partial charge in [-0.2, -0.15) is 4.98 Å². The van der Waals surface area contributed by atoms with Gasteiger partial charge in [0.25, 0.3) is 0 Å². The van der Waals surface area contributed by atoms with Crippen LogP contribution in [0.4, 0.5) is 17.5 Å². The number of aromatic nitrogens is 2. The molecule has 0 aliphatic rings. The van der Waals surface area contributed by atoms with Crippen LogP contribution in [0, 0.1) is 13.8 Å². The fourth-order valence-electron chi connectivity index (χ4n) is 2.79. The molecule has 2 N–H and O–H groups in total. The molecule has 0 spiro atoms. The summed E-state index contributed by atoms with van der Waals surface area (Å²) >= 11 is 0. The number of rotatable bonds is 6. The minimum Gasteiger partial charge on any atom is -0.352 e. The van der Waals surface area contributed by atoms with E-state index < -0.39 is 0 Å². The van der Waals surface area contributed by atoms with Crippen LogP contribution in [0.1, 0.15) is 31.4 Å². The summed E-state index contributed by atoms with van der Waals surface area (Å²) in [7, 11) is 0. The summed E-state index contributed by atoms with van der Waals surface area (Å²) < 4.78 is 0. The molecule has 4 nitrogen and oxygen atoms in total. The number of nitrogens with one attached hydrogen (secondary N) is 2. The van der Waals surface area contributed by atoms with Crippen molar-refractivity contribution in [2.24, 2.45) is 0 Å². The van der Waals surface area contributed by atoms with Crippen molar-refractivity contribution in [1.29, 1.82) is 0 Å². The van der Waals surface area contributed by atoms with E-state index in [2.05, 4.69) is 68.7 Å². The molecule has 3 aromatic rings. The van der Waals surface area contributed by atoms with E-state index >= 15 is 0 Å². The van der Waals surface area contributed by atoms with Gasteiger partial charge in [0.15, 0.2) is 0 Å². The van der Waals surface area contributed by atoms with Crippen LogP contribution in [0.2, 0.25) is 0 Å². The van der Waals surface area contributed by atoms with Crippen molar-refractivity contribution >= 4 is 17.5 Å². The number of anilines is 3. The minimum atomic E-state index is 0.314. The Morgan fingerprint density at radius 3 is 2.27 bits per heavy atom. The zero-order chi connectivity index (χ0) is 18.5. The number of hydrogen-bond acceptors (Lipinski definition) is 4. The summed E-state index contributed by atoms with van der Waals surface area (Å²) in [6.07, 6.45) is 1.01. The molecule has 1 aromatic heterocycles. The second kappa shape index (κ2) is 8.00. The highest BCUT2D eigenvalue weighted by molar-refractivity contribution is 5.70. The Hall–Kier alpha value is -2.88. The van der Waals surface area contributed by atoms with Crippen molar-refractivity contribution in [3.05, 3.63) is 65.7 Å². The van der Waals surface area contributed by atoms with Gasteiger partial charge in [0.2, 0.25) is 5.95 Å². The summed E-state index contributed by atoms with van der Waals surface area (Å²) in [4.78, 5) is 9.41. The third kappa shape index (κ3) is 4.20. The van der Waals surface area contributed by atoms with Gasteiger partial charge in [-0.05, 0) is 38.3 Å². The summed E-state index contributed by atoms with van der Waals surface area (Å²) in [6.45, 7) is 8.49. The third-order valence-corrected chi connectivity index (χ3v) is 4.52. The third-order valence-electron chi connectivity index (χ3n) is 4.52. The highest BCUT2D eigenvalue weighted by Crippen LogP contribution is 2.27. The SMILES string of the molecule is CC[C@H](C)Nc1nc(Nc2c(C)cccc2C)cc(-c2ccccc2)n1. The van der Waals surface area contributed by atoms with E-state index in [4.69, 9.17) is 9.97 Å². The van der Waals surface area contributed by atoms with Crippen LogP contribution in [-0.2, 0) is 0 Å². The summed E-state index contributed by atoms with van der Waals surface area (Å²) in [6, 6.07) is 18.8. The highest BCUT2D eigenvalue weighted by atomic mass is 15.2. The topological polar surface area (TPSA) is 49.8 Å². The molecular weight excluding hydrogens is 320 g/mol. The molecule has 0 fully saturated rings. The quantitative estimate of drug-likeness (QED) is 0.600. The first-order chi connectivity index (χ1) is 12.6. The van der Waals surface area contributed by atoms with Gasteiger partial charge in [-0.1, -0.05) is 55.5 Å². The second-order valence-electron chi connectivity index (χ2n) is 6.67. The van der Waals surface area contributed by atoms with Crippen LogP contribution >= 0.6 is 0 Å². The lowest BCUT2D eigenvalue weighted by Crippen LogP contribution is -2.16. The molecule has 0 aliphatic carbocycles. The lowest BCUT2D eigenvalue weighted by molar-refractivity contribution is 0.753. The van der Waals surface area contributed by atoms with E-state index in [-0.39, 0.29) is 0 Å². The van der Waals surface area contributed by atoms with Crippen LogP contribution < -0.4 is 10.6 Å². The molecule has 4 heteroatoms. The van der Waals surface area contributed by atoms with E-state index in [9.17, 15) is 0 Å². The number of para-hydroxylation sites is 1. The van der Waals surface area contributed by atoms with Gasteiger partial charge in [0.05, 0.1) is 5.69 Å². The van der Waals surface area contributed by atoms with Crippen LogP contribution in [0.25, 0.3) is 11.3 Å². The average Bonchev–Trinajstić information content (AvgIpc) is 2.65. The molecule has 26 heavy (non-hydrogen) atoms. The predicted molar refractivity (Wildman–Crippen MR) is 110 cm³/mol. The lowest BCUT2D eigenvalue weighted by atomic mass is 10.1.